The molecule has 88 valence electrons. The van der Waals surface area contributed by atoms with Crippen molar-refractivity contribution >= 4 is 40.7 Å². The molecule has 0 aliphatic rings. The molecule has 6 heteroatoms. The second-order valence-corrected chi connectivity index (χ2v) is 5.95. The SMILES string of the molecule is O=C(O)c1ncc(SCc2ccc(Cl)cc2)s1. The van der Waals surface area contributed by atoms with E-state index in [1.54, 1.807) is 18.0 Å². The van der Waals surface area contributed by atoms with E-state index in [1.807, 2.05) is 24.3 Å². The molecule has 1 aromatic carbocycles. The minimum atomic E-state index is -0.978. The lowest BCUT2D eigenvalue weighted by Gasteiger charge is -1.98. The van der Waals surface area contributed by atoms with E-state index in [0.717, 1.165) is 15.5 Å². The molecule has 0 saturated heterocycles. The van der Waals surface area contributed by atoms with Gasteiger partial charge in [-0.3, -0.25) is 0 Å². The third-order valence-electron chi connectivity index (χ3n) is 1.96. The zero-order valence-electron chi connectivity index (χ0n) is 8.59. The van der Waals surface area contributed by atoms with Gasteiger partial charge in [0.1, 0.15) is 0 Å². The van der Waals surface area contributed by atoms with E-state index in [-0.39, 0.29) is 5.01 Å². The van der Waals surface area contributed by atoms with Crippen LogP contribution in [0.25, 0.3) is 0 Å². The van der Waals surface area contributed by atoms with Crippen molar-refractivity contribution in [2.24, 2.45) is 0 Å². The molecule has 1 aromatic heterocycles. The second kappa shape index (κ2) is 5.53. The van der Waals surface area contributed by atoms with Crippen LogP contribution in [0.5, 0.6) is 0 Å². The fourth-order valence-electron chi connectivity index (χ4n) is 1.16. The van der Waals surface area contributed by atoms with E-state index >= 15 is 0 Å². The summed E-state index contributed by atoms with van der Waals surface area (Å²) < 4.78 is 0.900. The van der Waals surface area contributed by atoms with Gasteiger partial charge in [-0.05, 0) is 17.7 Å². The molecule has 1 heterocycles. The first kappa shape index (κ1) is 12.4. The maximum atomic E-state index is 10.6. The van der Waals surface area contributed by atoms with Crippen molar-refractivity contribution in [1.29, 1.82) is 0 Å². The van der Waals surface area contributed by atoms with Gasteiger partial charge in [0.15, 0.2) is 0 Å². The minimum absolute atomic E-state index is 0.128. The number of nitrogens with zero attached hydrogens (tertiary/aromatic N) is 1. The Kier molecular flexibility index (Phi) is 4.04. The number of hydrogen-bond donors (Lipinski definition) is 1. The van der Waals surface area contributed by atoms with Crippen LogP contribution in [0.4, 0.5) is 0 Å². The van der Waals surface area contributed by atoms with E-state index in [4.69, 9.17) is 16.7 Å². The van der Waals surface area contributed by atoms with Crippen molar-refractivity contribution in [3.05, 3.63) is 46.1 Å². The lowest BCUT2D eigenvalue weighted by atomic mass is 10.2. The molecule has 2 aromatic rings. The first-order valence-electron chi connectivity index (χ1n) is 4.71. The molecule has 0 radical (unpaired) electrons. The maximum absolute atomic E-state index is 10.6. The van der Waals surface area contributed by atoms with Crippen molar-refractivity contribution < 1.29 is 9.90 Å². The topological polar surface area (TPSA) is 50.2 Å². The summed E-state index contributed by atoms with van der Waals surface area (Å²) in [5, 5.41) is 9.58. The summed E-state index contributed by atoms with van der Waals surface area (Å²) in [5.74, 6) is -0.202. The highest BCUT2D eigenvalue weighted by atomic mass is 35.5. The Balaban J connectivity index is 1.97. The van der Waals surface area contributed by atoms with Gasteiger partial charge in [-0.2, -0.15) is 0 Å². The number of carboxylic acid groups (broad SMARTS) is 1. The fourth-order valence-corrected chi connectivity index (χ4v) is 3.05. The van der Waals surface area contributed by atoms with Crippen LogP contribution in [-0.2, 0) is 5.75 Å². The van der Waals surface area contributed by atoms with Crippen molar-refractivity contribution in [2.45, 2.75) is 9.96 Å². The average molecular weight is 286 g/mol. The summed E-state index contributed by atoms with van der Waals surface area (Å²) >= 11 is 8.54. The second-order valence-electron chi connectivity index (χ2n) is 3.20. The number of benzene rings is 1. The van der Waals surface area contributed by atoms with Crippen LogP contribution in [0.3, 0.4) is 0 Å². The molecule has 0 bridgehead atoms. The number of thiazole rings is 1. The molecule has 0 amide bonds. The Hall–Kier alpha value is -1.04. The van der Waals surface area contributed by atoms with Gasteiger partial charge in [-0.15, -0.1) is 23.1 Å². The molecule has 17 heavy (non-hydrogen) atoms. The van der Waals surface area contributed by atoms with Crippen molar-refractivity contribution in [2.75, 3.05) is 0 Å². The van der Waals surface area contributed by atoms with Crippen LogP contribution < -0.4 is 0 Å². The summed E-state index contributed by atoms with van der Waals surface area (Å²) in [5.41, 5.74) is 1.14. The predicted molar refractivity (Wildman–Crippen MR) is 70.1 cm³/mol. The average Bonchev–Trinajstić information content (AvgIpc) is 2.77. The summed E-state index contributed by atoms with van der Waals surface area (Å²) in [6.45, 7) is 0. The molecule has 3 nitrogen and oxygen atoms in total. The Morgan fingerprint density at radius 3 is 2.71 bits per heavy atom. The quantitative estimate of drug-likeness (QED) is 0.869. The molecule has 0 fully saturated rings. The number of carbonyl (C=O) groups is 1. The normalized spacial score (nSPS) is 10.4. The molecular formula is C11H8ClNO2S2. The number of hydrogen-bond acceptors (Lipinski definition) is 4. The molecule has 0 spiro atoms. The molecular weight excluding hydrogens is 278 g/mol. The molecule has 1 N–H and O–H groups in total. The zero-order chi connectivity index (χ0) is 12.3. The molecule has 0 saturated carbocycles. The first-order chi connectivity index (χ1) is 8.15. The zero-order valence-corrected chi connectivity index (χ0v) is 11.0. The Bertz CT molecular complexity index is 525. The molecule has 2 rings (SSSR count). The van der Waals surface area contributed by atoms with Gasteiger partial charge in [0.25, 0.3) is 0 Å². The first-order valence-corrected chi connectivity index (χ1v) is 6.89. The van der Waals surface area contributed by atoms with Crippen LogP contribution in [0.1, 0.15) is 15.4 Å². The monoisotopic (exact) mass is 285 g/mol. The highest BCUT2D eigenvalue weighted by molar-refractivity contribution is 8.00. The van der Waals surface area contributed by atoms with Crippen molar-refractivity contribution in [3.63, 3.8) is 0 Å². The lowest BCUT2D eigenvalue weighted by molar-refractivity contribution is 0.0696. The Labute approximate surface area is 111 Å². The summed E-state index contributed by atoms with van der Waals surface area (Å²) in [4.78, 5) is 14.5. The van der Waals surface area contributed by atoms with Crippen LogP contribution in [0.2, 0.25) is 5.02 Å². The van der Waals surface area contributed by atoms with Crippen LogP contribution in [-0.4, -0.2) is 16.1 Å². The number of thioether (sulfide) groups is 1. The highest BCUT2D eigenvalue weighted by Crippen LogP contribution is 2.28. The fraction of sp³-hybridized carbons (Fsp3) is 0.0909. The highest BCUT2D eigenvalue weighted by Gasteiger charge is 2.09. The number of aromatic carboxylic acids is 1. The van der Waals surface area contributed by atoms with Gasteiger partial charge in [0.2, 0.25) is 5.01 Å². The minimum Gasteiger partial charge on any atom is -0.476 e. The van der Waals surface area contributed by atoms with Gasteiger partial charge >= 0.3 is 5.97 Å². The Morgan fingerprint density at radius 2 is 2.12 bits per heavy atom. The Morgan fingerprint density at radius 1 is 1.41 bits per heavy atom. The van der Waals surface area contributed by atoms with Crippen molar-refractivity contribution in [1.82, 2.24) is 4.98 Å². The van der Waals surface area contributed by atoms with Crippen LogP contribution in [0, 0.1) is 0 Å². The molecule has 0 atom stereocenters. The van der Waals surface area contributed by atoms with Crippen molar-refractivity contribution in [3.8, 4) is 0 Å². The van der Waals surface area contributed by atoms with E-state index in [9.17, 15) is 4.79 Å². The van der Waals surface area contributed by atoms with Gasteiger partial charge in [-0.1, -0.05) is 23.7 Å². The number of carboxylic acids is 1. The number of aromatic nitrogens is 1. The van der Waals surface area contributed by atoms with Crippen LogP contribution in [0.15, 0.2) is 34.7 Å². The van der Waals surface area contributed by atoms with E-state index in [0.29, 0.717) is 5.02 Å². The van der Waals surface area contributed by atoms with E-state index in [2.05, 4.69) is 4.98 Å². The molecule has 0 unspecified atom stereocenters. The standard InChI is InChI=1S/C11H8ClNO2S2/c12-8-3-1-7(2-4-8)6-16-9-5-13-10(17-9)11(14)15/h1-5H,6H2,(H,14,15). The smallest absolute Gasteiger partial charge is 0.365 e. The van der Waals surface area contributed by atoms with Gasteiger partial charge in [-0.25, -0.2) is 9.78 Å². The summed E-state index contributed by atoms with van der Waals surface area (Å²) in [6, 6.07) is 7.59. The van der Waals surface area contributed by atoms with Gasteiger partial charge in [0.05, 0.1) is 10.4 Å². The lowest BCUT2D eigenvalue weighted by Crippen LogP contribution is -1.92. The van der Waals surface area contributed by atoms with Gasteiger partial charge in [0, 0.05) is 10.8 Å². The maximum Gasteiger partial charge on any atom is 0.365 e. The number of halogens is 1. The predicted octanol–water partition coefficient (Wildman–Crippen LogP) is 3.79. The summed E-state index contributed by atoms with van der Waals surface area (Å²) in [6.07, 6.45) is 1.59. The summed E-state index contributed by atoms with van der Waals surface area (Å²) in [7, 11) is 0. The third-order valence-corrected chi connectivity index (χ3v) is 4.46. The van der Waals surface area contributed by atoms with Gasteiger partial charge < -0.3 is 5.11 Å². The molecule has 0 aliphatic heterocycles. The largest absolute Gasteiger partial charge is 0.476 e. The van der Waals surface area contributed by atoms with E-state index < -0.39 is 5.97 Å². The van der Waals surface area contributed by atoms with Crippen LogP contribution >= 0.6 is 34.7 Å². The molecule has 0 aliphatic carbocycles. The third kappa shape index (κ3) is 3.46. The number of rotatable bonds is 4. The van der Waals surface area contributed by atoms with E-state index in [1.165, 1.54) is 11.3 Å².